The maximum Gasteiger partial charge on any atom is 0.534 e. The molecule has 0 spiro atoms. The fraction of sp³-hybridized carbons (Fsp3) is 0.474. The Hall–Kier alpha value is -2.76. The van der Waals surface area contributed by atoms with Gasteiger partial charge in [0.05, 0.1) is 17.4 Å². The molecule has 0 saturated carbocycles. The first kappa shape index (κ1) is 22.9. The molecular weight excluding hydrogens is 439 g/mol. The Morgan fingerprint density at radius 2 is 1.94 bits per heavy atom. The number of nitrogens with zero attached hydrogens (tertiary/aromatic N) is 2. The Morgan fingerprint density at radius 3 is 2.58 bits per heavy atom. The number of carbonyl (C=O) groups is 1. The predicted molar refractivity (Wildman–Crippen MR) is 107 cm³/mol. The molecule has 2 heterocycles. The van der Waals surface area contributed by atoms with E-state index in [9.17, 15) is 26.4 Å². The molecule has 1 saturated heterocycles. The third kappa shape index (κ3) is 5.69. The highest BCUT2D eigenvalue weighted by Gasteiger charge is 2.48. The van der Waals surface area contributed by atoms with Gasteiger partial charge in [-0.05, 0) is 51.5 Å². The number of fused-ring (bicyclic) bond motifs is 1. The zero-order valence-corrected chi connectivity index (χ0v) is 17.9. The van der Waals surface area contributed by atoms with Gasteiger partial charge in [-0.1, -0.05) is 0 Å². The van der Waals surface area contributed by atoms with Crippen LogP contribution in [0.1, 0.15) is 27.2 Å². The minimum atomic E-state index is -5.76. The molecule has 1 aliphatic rings. The Morgan fingerprint density at radius 1 is 1.23 bits per heavy atom. The molecule has 0 bridgehead atoms. The van der Waals surface area contributed by atoms with E-state index in [1.54, 1.807) is 37.9 Å². The van der Waals surface area contributed by atoms with Gasteiger partial charge in [0.25, 0.3) is 0 Å². The molecule has 8 nitrogen and oxygen atoms in total. The Bertz CT molecular complexity index is 1080. The standard InChI is InChI=1S/C19H22F3N3O5S/c1-18(2,3)29-17(26)25-7-6-13(11-25)24-14-8-12-9-15(4-5-16(12)23-10-14)30-31(27,28)19(20,21)22/h4-5,8-10,13,24H,6-7,11H2,1-3H3/t13-/m0/s1. The van der Waals surface area contributed by atoms with Crippen molar-refractivity contribution < 1.29 is 35.3 Å². The third-order valence-electron chi connectivity index (χ3n) is 4.35. The summed E-state index contributed by atoms with van der Waals surface area (Å²) in [5.74, 6) is -0.472. The van der Waals surface area contributed by atoms with Gasteiger partial charge in [0.15, 0.2) is 0 Å². The average Bonchev–Trinajstić information content (AvgIpc) is 3.07. The van der Waals surface area contributed by atoms with Gasteiger partial charge in [0, 0.05) is 24.5 Å². The number of hydrogen-bond acceptors (Lipinski definition) is 7. The molecule has 0 unspecified atom stereocenters. The van der Waals surface area contributed by atoms with Crippen LogP contribution >= 0.6 is 0 Å². The van der Waals surface area contributed by atoms with Crippen LogP contribution in [-0.4, -0.2) is 54.6 Å². The first-order chi connectivity index (χ1) is 14.2. The van der Waals surface area contributed by atoms with E-state index >= 15 is 0 Å². The number of nitrogens with one attached hydrogen (secondary N) is 1. The monoisotopic (exact) mass is 461 g/mol. The molecule has 1 fully saturated rings. The van der Waals surface area contributed by atoms with Crippen molar-refractivity contribution in [3.05, 3.63) is 30.5 Å². The molecule has 0 aliphatic carbocycles. The van der Waals surface area contributed by atoms with Crippen molar-refractivity contribution in [1.82, 2.24) is 9.88 Å². The number of alkyl halides is 3. The van der Waals surface area contributed by atoms with Crippen LogP contribution in [0.25, 0.3) is 10.9 Å². The van der Waals surface area contributed by atoms with Gasteiger partial charge in [-0.3, -0.25) is 4.98 Å². The van der Waals surface area contributed by atoms with Crippen molar-refractivity contribution in [1.29, 1.82) is 0 Å². The maximum atomic E-state index is 12.5. The van der Waals surface area contributed by atoms with Gasteiger partial charge < -0.3 is 19.1 Å². The summed E-state index contributed by atoms with van der Waals surface area (Å²) in [5, 5.41) is 3.61. The minimum absolute atomic E-state index is 0.0724. The summed E-state index contributed by atoms with van der Waals surface area (Å²) in [7, 11) is -5.76. The number of hydrogen-bond donors (Lipinski definition) is 1. The molecule has 1 amide bonds. The third-order valence-corrected chi connectivity index (χ3v) is 5.33. The zero-order valence-electron chi connectivity index (χ0n) is 17.1. The number of benzene rings is 1. The second kappa shape index (κ2) is 8.06. The van der Waals surface area contributed by atoms with Gasteiger partial charge in [-0.25, -0.2) is 4.79 Å². The van der Waals surface area contributed by atoms with Gasteiger partial charge in [-0.15, -0.1) is 0 Å². The number of halogens is 3. The molecule has 170 valence electrons. The topological polar surface area (TPSA) is 97.8 Å². The fourth-order valence-electron chi connectivity index (χ4n) is 3.02. The smallest absolute Gasteiger partial charge is 0.444 e. The summed E-state index contributed by atoms with van der Waals surface area (Å²) >= 11 is 0. The van der Waals surface area contributed by atoms with Gasteiger partial charge in [-0.2, -0.15) is 21.6 Å². The molecule has 1 aromatic carbocycles. The van der Waals surface area contributed by atoms with Crippen molar-refractivity contribution in [3.8, 4) is 5.75 Å². The van der Waals surface area contributed by atoms with Gasteiger partial charge in [0.1, 0.15) is 11.4 Å². The molecule has 3 rings (SSSR count). The van der Waals surface area contributed by atoms with E-state index in [-0.39, 0.29) is 6.04 Å². The highest BCUT2D eigenvalue weighted by Crippen LogP contribution is 2.29. The number of ether oxygens (including phenoxy) is 1. The number of likely N-dealkylation sites (tertiary alicyclic amines) is 1. The normalized spacial score (nSPS) is 17.6. The van der Waals surface area contributed by atoms with Crippen molar-refractivity contribution in [2.75, 3.05) is 18.4 Å². The molecule has 1 atom stereocenters. The lowest BCUT2D eigenvalue weighted by atomic mass is 10.2. The van der Waals surface area contributed by atoms with Crippen LogP contribution in [0.15, 0.2) is 30.5 Å². The van der Waals surface area contributed by atoms with Crippen LogP contribution in [0.3, 0.4) is 0 Å². The Kier molecular flexibility index (Phi) is 5.96. The average molecular weight is 461 g/mol. The van der Waals surface area contributed by atoms with Crippen LogP contribution in [0.2, 0.25) is 0 Å². The van der Waals surface area contributed by atoms with E-state index in [0.29, 0.717) is 36.1 Å². The fourth-order valence-corrected chi connectivity index (χ4v) is 3.47. The van der Waals surface area contributed by atoms with E-state index in [0.717, 1.165) is 6.07 Å². The van der Waals surface area contributed by atoms with Crippen LogP contribution < -0.4 is 9.50 Å². The number of rotatable bonds is 4. The molecule has 1 N–H and O–H groups in total. The highest BCUT2D eigenvalue weighted by molar-refractivity contribution is 7.88. The lowest BCUT2D eigenvalue weighted by molar-refractivity contribution is -0.0500. The first-order valence-electron chi connectivity index (χ1n) is 9.38. The number of amides is 1. The van der Waals surface area contributed by atoms with E-state index in [4.69, 9.17) is 4.74 Å². The second-order valence-corrected chi connectivity index (χ2v) is 9.66. The molecular formula is C19H22F3N3O5S. The largest absolute Gasteiger partial charge is 0.534 e. The van der Waals surface area contributed by atoms with Crippen molar-refractivity contribution in [2.24, 2.45) is 0 Å². The van der Waals surface area contributed by atoms with Crippen molar-refractivity contribution in [3.63, 3.8) is 0 Å². The number of aromatic nitrogens is 1. The Balaban J connectivity index is 1.70. The lowest BCUT2D eigenvalue weighted by Gasteiger charge is -2.24. The summed E-state index contributed by atoms with van der Waals surface area (Å²) < 4.78 is 69.5. The summed E-state index contributed by atoms with van der Waals surface area (Å²) in [6, 6.07) is 5.17. The SMILES string of the molecule is CC(C)(C)OC(=O)N1CC[C@H](Nc2cnc3ccc(OS(=O)(=O)C(F)(F)F)cc3c2)C1. The molecule has 12 heteroatoms. The molecule has 1 aromatic heterocycles. The van der Waals surface area contributed by atoms with Crippen LogP contribution in [0, 0.1) is 0 Å². The Labute approximate surface area is 177 Å². The summed E-state index contributed by atoms with van der Waals surface area (Å²) in [6.07, 6.45) is 1.82. The second-order valence-electron chi connectivity index (χ2n) is 8.12. The van der Waals surface area contributed by atoms with Crippen molar-refractivity contribution >= 4 is 32.8 Å². The first-order valence-corrected chi connectivity index (χ1v) is 10.8. The van der Waals surface area contributed by atoms with Gasteiger partial charge in [0.2, 0.25) is 0 Å². The molecule has 1 aliphatic heterocycles. The van der Waals surface area contributed by atoms with E-state index in [1.807, 2.05) is 0 Å². The van der Waals surface area contributed by atoms with Crippen LogP contribution in [0.5, 0.6) is 5.75 Å². The van der Waals surface area contributed by atoms with E-state index in [1.165, 1.54) is 12.1 Å². The lowest BCUT2D eigenvalue weighted by Crippen LogP contribution is -2.36. The number of anilines is 1. The highest BCUT2D eigenvalue weighted by atomic mass is 32.2. The molecule has 0 radical (unpaired) electrons. The minimum Gasteiger partial charge on any atom is -0.444 e. The predicted octanol–water partition coefficient (Wildman–Crippen LogP) is 3.88. The molecule has 2 aromatic rings. The quantitative estimate of drug-likeness (QED) is 0.545. The summed E-state index contributed by atoms with van der Waals surface area (Å²) in [4.78, 5) is 18.0. The van der Waals surface area contributed by atoms with Crippen molar-refractivity contribution in [2.45, 2.75) is 44.3 Å². The van der Waals surface area contributed by atoms with E-state index in [2.05, 4.69) is 14.5 Å². The number of carbonyl (C=O) groups excluding carboxylic acids is 1. The van der Waals surface area contributed by atoms with Gasteiger partial charge >= 0.3 is 21.7 Å². The zero-order chi connectivity index (χ0) is 23.0. The number of pyridine rings is 1. The molecule has 31 heavy (non-hydrogen) atoms. The van der Waals surface area contributed by atoms with Crippen LogP contribution in [0.4, 0.5) is 23.7 Å². The van der Waals surface area contributed by atoms with Crippen LogP contribution in [-0.2, 0) is 14.9 Å². The summed E-state index contributed by atoms with van der Waals surface area (Å²) in [5.41, 5.74) is -5.10. The summed E-state index contributed by atoms with van der Waals surface area (Å²) in [6.45, 7) is 6.29. The maximum absolute atomic E-state index is 12.5. The van der Waals surface area contributed by atoms with E-state index < -0.39 is 33.1 Å².